The molecule has 7 nitrogen and oxygen atoms in total. The lowest BCUT2D eigenvalue weighted by Gasteiger charge is -2.38. The van der Waals surface area contributed by atoms with Gasteiger partial charge in [-0.1, -0.05) is 48.0 Å². The van der Waals surface area contributed by atoms with E-state index in [2.05, 4.69) is 51.2 Å². The van der Waals surface area contributed by atoms with Crippen LogP contribution in [0.3, 0.4) is 0 Å². The molecule has 0 aliphatic carbocycles. The number of piperazine rings is 2. The number of nitrogens with one attached hydrogen (secondary N) is 1. The van der Waals surface area contributed by atoms with Crippen molar-refractivity contribution in [3.8, 4) is 0 Å². The Kier molecular flexibility index (Phi) is 8.55. The number of benzene rings is 2. The zero-order chi connectivity index (χ0) is 24.8. The number of amides is 2. The summed E-state index contributed by atoms with van der Waals surface area (Å²) in [6, 6.07) is 14.7. The van der Waals surface area contributed by atoms with E-state index in [1.807, 2.05) is 36.9 Å². The van der Waals surface area contributed by atoms with Gasteiger partial charge in [0.05, 0.1) is 13.1 Å². The van der Waals surface area contributed by atoms with Gasteiger partial charge in [-0.3, -0.25) is 24.3 Å². The van der Waals surface area contributed by atoms with E-state index in [0.717, 1.165) is 75.7 Å². The number of rotatable bonds is 7. The number of para-hydroxylation sites is 1. The Labute approximate surface area is 209 Å². The van der Waals surface area contributed by atoms with Crippen molar-refractivity contribution in [2.24, 2.45) is 0 Å². The number of hydrogen-bond donors (Lipinski definition) is 1. The third-order valence-electron chi connectivity index (χ3n) is 7.15. The van der Waals surface area contributed by atoms with E-state index in [1.165, 1.54) is 11.1 Å². The highest BCUT2D eigenvalue weighted by atomic mass is 16.2. The Morgan fingerprint density at radius 2 is 1.31 bits per heavy atom. The first-order chi connectivity index (χ1) is 16.9. The quantitative estimate of drug-likeness (QED) is 0.664. The molecule has 2 aromatic carbocycles. The first-order valence-corrected chi connectivity index (χ1v) is 12.7. The van der Waals surface area contributed by atoms with Crippen LogP contribution in [-0.2, 0) is 16.1 Å². The summed E-state index contributed by atoms with van der Waals surface area (Å²) in [6.07, 6.45) is 0. The Bertz CT molecular complexity index is 1000. The van der Waals surface area contributed by atoms with Crippen molar-refractivity contribution in [3.63, 3.8) is 0 Å². The lowest BCUT2D eigenvalue weighted by Crippen LogP contribution is -2.54. The number of aryl methyl sites for hydroxylation is 3. The van der Waals surface area contributed by atoms with E-state index in [4.69, 9.17) is 0 Å². The molecule has 2 aliphatic heterocycles. The van der Waals surface area contributed by atoms with Crippen LogP contribution in [0, 0.1) is 20.8 Å². The molecule has 2 aromatic rings. The lowest BCUT2D eigenvalue weighted by molar-refractivity contribution is -0.135. The highest BCUT2D eigenvalue weighted by molar-refractivity contribution is 5.93. The third-order valence-corrected chi connectivity index (χ3v) is 7.15. The van der Waals surface area contributed by atoms with Crippen LogP contribution >= 0.6 is 0 Å². The molecule has 35 heavy (non-hydrogen) atoms. The summed E-state index contributed by atoms with van der Waals surface area (Å²) in [4.78, 5) is 34.3. The zero-order valence-corrected chi connectivity index (χ0v) is 21.4. The lowest BCUT2D eigenvalue weighted by atomic mass is 10.1. The van der Waals surface area contributed by atoms with Gasteiger partial charge in [-0.2, -0.15) is 0 Å². The second-order valence-corrected chi connectivity index (χ2v) is 10.0. The molecule has 0 radical (unpaired) electrons. The molecule has 0 saturated carbocycles. The minimum absolute atomic E-state index is 0.0236. The van der Waals surface area contributed by atoms with Crippen molar-refractivity contribution < 1.29 is 9.59 Å². The maximum absolute atomic E-state index is 12.9. The Hall–Kier alpha value is -2.74. The monoisotopic (exact) mass is 477 g/mol. The topological polar surface area (TPSA) is 59.1 Å². The molecule has 2 amide bonds. The number of hydrogen-bond acceptors (Lipinski definition) is 5. The molecule has 7 heteroatoms. The van der Waals surface area contributed by atoms with Crippen LogP contribution in [0.5, 0.6) is 0 Å². The van der Waals surface area contributed by atoms with Gasteiger partial charge in [-0.25, -0.2) is 0 Å². The Balaban J connectivity index is 1.15. The van der Waals surface area contributed by atoms with Gasteiger partial charge in [0.1, 0.15) is 0 Å². The minimum atomic E-state index is 0.0236. The maximum atomic E-state index is 12.9. The smallest absolute Gasteiger partial charge is 0.238 e. The Morgan fingerprint density at radius 1 is 0.743 bits per heavy atom. The Morgan fingerprint density at radius 3 is 1.94 bits per heavy atom. The molecule has 2 aliphatic rings. The number of carbonyl (C=O) groups is 2. The largest absolute Gasteiger partial charge is 0.339 e. The molecule has 2 heterocycles. The van der Waals surface area contributed by atoms with Crippen molar-refractivity contribution >= 4 is 17.5 Å². The highest BCUT2D eigenvalue weighted by Gasteiger charge is 2.25. The van der Waals surface area contributed by atoms with Gasteiger partial charge < -0.3 is 10.2 Å². The van der Waals surface area contributed by atoms with Gasteiger partial charge in [0.15, 0.2) is 0 Å². The molecule has 0 atom stereocenters. The summed E-state index contributed by atoms with van der Waals surface area (Å²) >= 11 is 0. The van der Waals surface area contributed by atoms with Crippen LogP contribution in [0.1, 0.15) is 22.3 Å². The predicted octanol–water partition coefficient (Wildman–Crippen LogP) is 2.51. The number of anilines is 1. The highest BCUT2D eigenvalue weighted by Crippen LogP contribution is 2.19. The van der Waals surface area contributed by atoms with Gasteiger partial charge in [0, 0.05) is 64.6 Å². The van der Waals surface area contributed by atoms with Crippen LogP contribution < -0.4 is 5.32 Å². The molecule has 4 rings (SSSR count). The van der Waals surface area contributed by atoms with E-state index in [9.17, 15) is 9.59 Å². The first-order valence-electron chi connectivity index (χ1n) is 12.7. The molecule has 2 saturated heterocycles. The molecule has 0 bridgehead atoms. The van der Waals surface area contributed by atoms with Crippen LogP contribution in [0.15, 0.2) is 42.5 Å². The zero-order valence-electron chi connectivity index (χ0n) is 21.4. The van der Waals surface area contributed by atoms with Crippen LogP contribution in [0.25, 0.3) is 0 Å². The third kappa shape index (κ3) is 7.13. The van der Waals surface area contributed by atoms with Gasteiger partial charge in [-0.05, 0) is 37.5 Å². The summed E-state index contributed by atoms with van der Waals surface area (Å²) < 4.78 is 0. The van der Waals surface area contributed by atoms with Crippen molar-refractivity contribution in [2.75, 3.05) is 70.8 Å². The fourth-order valence-electron chi connectivity index (χ4n) is 5.01. The van der Waals surface area contributed by atoms with Crippen LogP contribution in [0.4, 0.5) is 5.69 Å². The second kappa shape index (κ2) is 11.8. The summed E-state index contributed by atoms with van der Waals surface area (Å²) in [6.45, 7) is 14.6. The molecule has 0 aromatic heterocycles. The minimum Gasteiger partial charge on any atom is -0.339 e. The summed E-state index contributed by atoms with van der Waals surface area (Å²) in [5.74, 6) is 0.247. The molecule has 0 unspecified atom stereocenters. The normalized spacial score (nSPS) is 18.0. The fraction of sp³-hybridized carbons (Fsp3) is 0.500. The van der Waals surface area contributed by atoms with Gasteiger partial charge in [-0.15, -0.1) is 0 Å². The van der Waals surface area contributed by atoms with Crippen LogP contribution in [0.2, 0.25) is 0 Å². The van der Waals surface area contributed by atoms with Gasteiger partial charge >= 0.3 is 0 Å². The first kappa shape index (κ1) is 25.4. The van der Waals surface area contributed by atoms with Crippen molar-refractivity contribution in [3.05, 3.63) is 64.7 Å². The molecular weight excluding hydrogens is 438 g/mol. The predicted molar refractivity (Wildman–Crippen MR) is 140 cm³/mol. The summed E-state index contributed by atoms with van der Waals surface area (Å²) in [7, 11) is 0. The van der Waals surface area contributed by atoms with E-state index >= 15 is 0 Å². The van der Waals surface area contributed by atoms with Crippen molar-refractivity contribution in [1.82, 2.24) is 19.6 Å². The number of carbonyl (C=O) groups excluding carboxylic acids is 2. The molecule has 0 spiro atoms. The molecule has 2 fully saturated rings. The van der Waals surface area contributed by atoms with E-state index in [1.54, 1.807) is 0 Å². The molecular formula is C28H39N5O2. The standard InChI is InChI=1S/C28H39N5O2/c1-22-6-4-9-25(18-22)19-30-14-16-33(17-15-30)27(35)21-32-12-10-31(11-13-32)20-26(34)29-28-23(2)7-5-8-24(28)3/h4-9,18H,10-17,19-21H2,1-3H3,(H,29,34). The van der Waals surface area contributed by atoms with Gasteiger partial charge in [0.2, 0.25) is 11.8 Å². The summed E-state index contributed by atoms with van der Waals surface area (Å²) in [5.41, 5.74) is 5.71. The maximum Gasteiger partial charge on any atom is 0.238 e. The second-order valence-electron chi connectivity index (χ2n) is 10.0. The van der Waals surface area contributed by atoms with E-state index in [-0.39, 0.29) is 11.8 Å². The average molecular weight is 478 g/mol. The van der Waals surface area contributed by atoms with E-state index in [0.29, 0.717) is 13.1 Å². The SMILES string of the molecule is Cc1cccc(CN2CCN(C(=O)CN3CCN(CC(=O)Nc4c(C)cccc4C)CC3)CC2)c1. The fourth-order valence-corrected chi connectivity index (χ4v) is 5.01. The van der Waals surface area contributed by atoms with E-state index < -0.39 is 0 Å². The molecule has 1 N–H and O–H groups in total. The average Bonchev–Trinajstić information content (AvgIpc) is 2.83. The van der Waals surface area contributed by atoms with Gasteiger partial charge in [0.25, 0.3) is 0 Å². The van der Waals surface area contributed by atoms with Crippen molar-refractivity contribution in [2.45, 2.75) is 27.3 Å². The molecule has 188 valence electrons. The van der Waals surface area contributed by atoms with Crippen LogP contribution in [-0.4, -0.2) is 96.9 Å². The summed E-state index contributed by atoms with van der Waals surface area (Å²) in [5, 5.41) is 3.07. The van der Waals surface area contributed by atoms with Crippen molar-refractivity contribution in [1.29, 1.82) is 0 Å². The number of nitrogens with zero attached hydrogens (tertiary/aromatic N) is 4.